The van der Waals surface area contributed by atoms with Crippen LogP contribution in [-0.2, 0) is 6.18 Å². The van der Waals surface area contributed by atoms with E-state index in [-0.39, 0.29) is 11.7 Å². The van der Waals surface area contributed by atoms with Gasteiger partial charge in [0.05, 0.1) is 18.4 Å². The Kier molecular flexibility index (Phi) is 3.21. The van der Waals surface area contributed by atoms with Crippen molar-refractivity contribution in [3.05, 3.63) is 23.5 Å². The zero-order valence-electron chi connectivity index (χ0n) is 8.72. The number of ether oxygens (including phenoxy) is 1. The molecule has 1 rings (SSSR count). The van der Waals surface area contributed by atoms with Crippen molar-refractivity contribution in [1.82, 2.24) is 4.98 Å². The number of rotatable bonds is 2. The maximum Gasteiger partial charge on any atom is 0.418 e. The third-order valence-electron chi connectivity index (χ3n) is 1.98. The highest BCUT2D eigenvalue weighted by atomic mass is 19.4. The Morgan fingerprint density at radius 2 is 1.93 bits per heavy atom. The number of nitrogens with zero attached hydrogens (tertiary/aromatic N) is 1. The van der Waals surface area contributed by atoms with E-state index >= 15 is 0 Å². The molecule has 0 N–H and O–H groups in total. The average molecular weight is 219 g/mol. The molecule has 1 aromatic rings. The standard InChI is InChI=1S/C10H12F3NO/c1-6(2)9-8(15-3)4-7(5-14-9)10(11,12)13/h4-6H,1-3H3. The van der Waals surface area contributed by atoms with Gasteiger partial charge in [-0.2, -0.15) is 13.2 Å². The van der Waals surface area contributed by atoms with E-state index in [0.717, 1.165) is 12.3 Å². The third-order valence-corrected chi connectivity index (χ3v) is 1.98. The second-order valence-corrected chi connectivity index (χ2v) is 3.46. The van der Waals surface area contributed by atoms with E-state index in [1.807, 2.05) is 13.8 Å². The number of alkyl halides is 3. The number of aromatic nitrogens is 1. The number of hydrogen-bond donors (Lipinski definition) is 0. The van der Waals surface area contributed by atoms with Crippen molar-refractivity contribution >= 4 is 0 Å². The topological polar surface area (TPSA) is 22.1 Å². The van der Waals surface area contributed by atoms with Crippen LogP contribution in [0.5, 0.6) is 5.75 Å². The van der Waals surface area contributed by atoms with E-state index in [1.54, 1.807) is 0 Å². The van der Waals surface area contributed by atoms with Gasteiger partial charge in [-0.15, -0.1) is 0 Å². The normalized spacial score (nSPS) is 11.9. The Labute approximate surface area is 86.1 Å². The largest absolute Gasteiger partial charge is 0.495 e. The first-order valence-corrected chi connectivity index (χ1v) is 4.47. The minimum atomic E-state index is -4.38. The molecule has 0 aliphatic rings. The lowest BCUT2D eigenvalue weighted by molar-refractivity contribution is -0.137. The van der Waals surface area contributed by atoms with Crippen molar-refractivity contribution in [3.63, 3.8) is 0 Å². The van der Waals surface area contributed by atoms with Crippen LogP contribution in [-0.4, -0.2) is 12.1 Å². The molecule has 0 saturated carbocycles. The molecule has 15 heavy (non-hydrogen) atoms. The molecule has 0 aliphatic heterocycles. The summed E-state index contributed by atoms with van der Waals surface area (Å²) in [5.41, 5.74) is -0.255. The van der Waals surface area contributed by atoms with Crippen molar-refractivity contribution in [2.24, 2.45) is 0 Å². The van der Waals surface area contributed by atoms with Crippen LogP contribution in [0.4, 0.5) is 13.2 Å². The lowest BCUT2D eigenvalue weighted by Crippen LogP contribution is -2.08. The lowest BCUT2D eigenvalue weighted by Gasteiger charge is -2.13. The summed E-state index contributed by atoms with van der Waals surface area (Å²) in [6.45, 7) is 3.69. The SMILES string of the molecule is COc1cc(C(F)(F)F)cnc1C(C)C. The van der Waals surface area contributed by atoms with Gasteiger partial charge in [0, 0.05) is 6.20 Å². The maximum atomic E-state index is 12.3. The highest BCUT2D eigenvalue weighted by Crippen LogP contribution is 2.33. The van der Waals surface area contributed by atoms with Gasteiger partial charge in [-0.3, -0.25) is 4.98 Å². The predicted octanol–water partition coefficient (Wildman–Crippen LogP) is 3.23. The second-order valence-electron chi connectivity index (χ2n) is 3.46. The second kappa shape index (κ2) is 4.08. The zero-order valence-corrected chi connectivity index (χ0v) is 8.72. The average Bonchev–Trinajstić information content (AvgIpc) is 2.15. The van der Waals surface area contributed by atoms with Crippen molar-refractivity contribution in [2.45, 2.75) is 25.9 Å². The molecule has 0 radical (unpaired) electrons. The van der Waals surface area contributed by atoms with Gasteiger partial charge in [-0.05, 0) is 12.0 Å². The number of halogens is 3. The molecule has 0 aromatic carbocycles. The van der Waals surface area contributed by atoms with E-state index in [0.29, 0.717) is 5.69 Å². The Balaban J connectivity index is 3.19. The Hall–Kier alpha value is -1.26. The van der Waals surface area contributed by atoms with E-state index in [4.69, 9.17) is 4.74 Å². The molecular weight excluding hydrogens is 207 g/mol. The van der Waals surface area contributed by atoms with Gasteiger partial charge in [-0.1, -0.05) is 13.8 Å². The summed E-state index contributed by atoms with van der Waals surface area (Å²) in [7, 11) is 1.34. The molecule has 1 aromatic heterocycles. The van der Waals surface area contributed by atoms with Crippen LogP contribution in [0.25, 0.3) is 0 Å². The Bertz CT molecular complexity index is 347. The first-order valence-electron chi connectivity index (χ1n) is 4.47. The molecule has 5 heteroatoms. The van der Waals surface area contributed by atoms with E-state index in [1.165, 1.54) is 7.11 Å². The van der Waals surface area contributed by atoms with Crippen molar-refractivity contribution in [2.75, 3.05) is 7.11 Å². The summed E-state index contributed by atoms with van der Waals surface area (Å²) in [5.74, 6) is 0.210. The quantitative estimate of drug-likeness (QED) is 0.761. The minimum Gasteiger partial charge on any atom is -0.495 e. The highest BCUT2D eigenvalue weighted by Gasteiger charge is 2.32. The highest BCUT2D eigenvalue weighted by molar-refractivity contribution is 5.34. The number of pyridine rings is 1. The number of methoxy groups -OCH3 is 1. The van der Waals surface area contributed by atoms with Gasteiger partial charge in [-0.25, -0.2) is 0 Å². The Morgan fingerprint density at radius 1 is 1.33 bits per heavy atom. The van der Waals surface area contributed by atoms with Crippen LogP contribution in [0.3, 0.4) is 0 Å². The summed E-state index contributed by atoms with van der Waals surface area (Å²) >= 11 is 0. The summed E-state index contributed by atoms with van der Waals surface area (Å²) in [5, 5.41) is 0. The molecule has 0 fully saturated rings. The minimum absolute atomic E-state index is 0.0298. The maximum absolute atomic E-state index is 12.3. The first kappa shape index (κ1) is 11.8. The van der Waals surface area contributed by atoms with Crippen molar-refractivity contribution in [1.29, 1.82) is 0 Å². The van der Waals surface area contributed by atoms with Gasteiger partial charge in [0.25, 0.3) is 0 Å². The predicted molar refractivity (Wildman–Crippen MR) is 49.9 cm³/mol. The van der Waals surface area contributed by atoms with Gasteiger partial charge < -0.3 is 4.74 Å². The Morgan fingerprint density at radius 3 is 2.33 bits per heavy atom. The molecule has 0 atom stereocenters. The zero-order chi connectivity index (χ0) is 11.6. The van der Waals surface area contributed by atoms with Crippen LogP contribution in [0.1, 0.15) is 31.0 Å². The molecule has 0 amide bonds. The van der Waals surface area contributed by atoms with Gasteiger partial charge >= 0.3 is 6.18 Å². The van der Waals surface area contributed by atoms with Gasteiger partial charge in [0.1, 0.15) is 5.75 Å². The monoisotopic (exact) mass is 219 g/mol. The number of hydrogen-bond acceptors (Lipinski definition) is 2. The fourth-order valence-electron chi connectivity index (χ4n) is 1.21. The van der Waals surface area contributed by atoms with E-state index < -0.39 is 11.7 Å². The van der Waals surface area contributed by atoms with Crippen LogP contribution < -0.4 is 4.74 Å². The van der Waals surface area contributed by atoms with Crippen LogP contribution in [0.2, 0.25) is 0 Å². The van der Waals surface area contributed by atoms with E-state index in [2.05, 4.69) is 4.98 Å². The van der Waals surface area contributed by atoms with Crippen LogP contribution in [0, 0.1) is 0 Å². The summed E-state index contributed by atoms with van der Waals surface area (Å²) in [6.07, 6.45) is -3.55. The van der Waals surface area contributed by atoms with Gasteiger partial charge in [0.2, 0.25) is 0 Å². The third kappa shape index (κ3) is 2.61. The molecule has 0 aliphatic carbocycles. The fourth-order valence-corrected chi connectivity index (χ4v) is 1.21. The molecule has 84 valence electrons. The summed E-state index contributed by atoms with van der Waals surface area (Å²) < 4.78 is 41.9. The van der Waals surface area contributed by atoms with Crippen molar-refractivity contribution < 1.29 is 17.9 Å². The molecule has 2 nitrogen and oxygen atoms in total. The molecule has 0 unspecified atom stereocenters. The molecular formula is C10H12F3NO. The lowest BCUT2D eigenvalue weighted by atomic mass is 10.1. The fraction of sp³-hybridized carbons (Fsp3) is 0.500. The summed E-state index contributed by atoms with van der Waals surface area (Å²) in [4.78, 5) is 3.77. The first-order chi connectivity index (χ1) is 6.86. The van der Waals surface area contributed by atoms with Gasteiger partial charge in [0.15, 0.2) is 0 Å². The summed E-state index contributed by atoms with van der Waals surface area (Å²) in [6, 6.07) is 0.975. The van der Waals surface area contributed by atoms with Crippen LogP contribution in [0.15, 0.2) is 12.3 Å². The smallest absolute Gasteiger partial charge is 0.418 e. The molecule has 0 spiro atoms. The van der Waals surface area contributed by atoms with Crippen molar-refractivity contribution in [3.8, 4) is 5.75 Å². The van der Waals surface area contributed by atoms with E-state index in [9.17, 15) is 13.2 Å². The molecule has 0 saturated heterocycles. The molecule has 0 bridgehead atoms. The molecule has 1 heterocycles. The van der Waals surface area contributed by atoms with Crippen LogP contribution >= 0.6 is 0 Å².